The third-order valence-electron chi connectivity index (χ3n) is 1.73. The highest BCUT2D eigenvalue weighted by molar-refractivity contribution is 6.18. The van der Waals surface area contributed by atoms with Crippen molar-refractivity contribution >= 4 is 17.5 Å². The second-order valence-corrected chi connectivity index (χ2v) is 2.76. The second kappa shape index (κ2) is 4.91. The van der Waals surface area contributed by atoms with E-state index in [1.807, 2.05) is 6.07 Å². The molecule has 0 atom stereocenters. The van der Waals surface area contributed by atoms with Gasteiger partial charge in [0.05, 0.1) is 5.57 Å². The lowest BCUT2D eigenvalue weighted by Gasteiger charge is -2.03. The molecule has 0 aliphatic carbocycles. The summed E-state index contributed by atoms with van der Waals surface area (Å²) in [4.78, 5) is 22.1. The summed E-state index contributed by atoms with van der Waals surface area (Å²) in [6.07, 6.45) is 0.927. The van der Waals surface area contributed by atoms with E-state index in [4.69, 9.17) is 0 Å². The van der Waals surface area contributed by atoms with Crippen LogP contribution in [-0.4, -0.2) is 11.9 Å². The summed E-state index contributed by atoms with van der Waals surface area (Å²) in [5.74, 6) is -1.54. The Bertz CT molecular complexity index is 404. The first-order valence-corrected chi connectivity index (χ1v) is 4.28. The van der Waals surface area contributed by atoms with Gasteiger partial charge in [0.25, 0.3) is 0 Å². The van der Waals surface area contributed by atoms with E-state index in [1.165, 1.54) is 0 Å². The fourth-order valence-corrected chi connectivity index (χ4v) is 0.952. The number of carbonyl (C=O) groups excluding carboxylic acids is 2. The first-order valence-electron chi connectivity index (χ1n) is 4.28. The Kier molecular flexibility index (Phi) is 3.57. The van der Waals surface area contributed by atoms with Crippen LogP contribution in [0.4, 0.5) is 0 Å². The van der Waals surface area contributed by atoms with Gasteiger partial charge in [0.15, 0.2) is 0 Å². The van der Waals surface area contributed by atoms with Crippen molar-refractivity contribution in [2.75, 3.05) is 0 Å². The number of benzene rings is 1. The lowest BCUT2D eigenvalue weighted by atomic mass is 10.1. The van der Waals surface area contributed by atoms with Gasteiger partial charge in [-0.1, -0.05) is 43.5 Å². The summed E-state index contributed by atoms with van der Waals surface area (Å²) in [6.45, 7) is 6.74. The molecule has 1 aromatic rings. The Balaban J connectivity index is 2.74. The number of rotatable bonds is 3. The minimum Gasteiger partial charge on any atom is -0.386 e. The van der Waals surface area contributed by atoms with E-state index in [9.17, 15) is 9.59 Å². The van der Waals surface area contributed by atoms with Crippen LogP contribution in [0, 0.1) is 0 Å². The highest BCUT2D eigenvalue weighted by Gasteiger charge is 2.12. The molecule has 0 aliphatic rings. The van der Waals surface area contributed by atoms with Crippen molar-refractivity contribution in [3.05, 3.63) is 55.1 Å². The highest BCUT2D eigenvalue weighted by atomic mass is 16.6. The molecule has 0 saturated heterocycles. The van der Waals surface area contributed by atoms with E-state index in [-0.39, 0.29) is 5.57 Å². The van der Waals surface area contributed by atoms with Gasteiger partial charge in [0.2, 0.25) is 0 Å². The van der Waals surface area contributed by atoms with Crippen LogP contribution in [0.1, 0.15) is 5.56 Å². The predicted molar refractivity (Wildman–Crippen MR) is 56.8 cm³/mol. The largest absolute Gasteiger partial charge is 0.386 e. The maximum atomic E-state index is 11.3. The van der Waals surface area contributed by atoms with Gasteiger partial charge in [-0.2, -0.15) is 0 Å². The monoisotopic (exact) mass is 202 g/mol. The number of hydrogen-bond donors (Lipinski definition) is 0. The van der Waals surface area contributed by atoms with Crippen molar-refractivity contribution in [3.8, 4) is 0 Å². The van der Waals surface area contributed by atoms with E-state index >= 15 is 0 Å². The van der Waals surface area contributed by atoms with Crippen LogP contribution in [-0.2, 0) is 14.3 Å². The molecule has 3 nitrogen and oxygen atoms in total. The molecule has 0 bridgehead atoms. The Morgan fingerprint density at radius 2 is 1.80 bits per heavy atom. The van der Waals surface area contributed by atoms with Gasteiger partial charge >= 0.3 is 11.9 Å². The Hall–Kier alpha value is -2.16. The number of hydrogen-bond acceptors (Lipinski definition) is 3. The van der Waals surface area contributed by atoms with Gasteiger partial charge in [-0.25, -0.2) is 9.59 Å². The van der Waals surface area contributed by atoms with Crippen molar-refractivity contribution < 1.29 is 14.3 Å². The minimum absolute atomic E-state index is 0.144. The quantitative estimate of drug-likeness (QED) is 0.427. The van der Waals surface area contributed by atoms with Crippen molar-refractivity contribution in [2.45, 2.75) is 0 Å². The predicted octanol–water partition coefficient (Wildman–Crippen LogP) is 1.96. The minimum atomic E-state index is -0.780. The molecular formula is C12H10O3. The fourth-order valence-electron chi connectivity index (χ4n) is 0.952. The van der Waals surface area contributed by atoms with Crippen LogP contribution in [0.2, 0.25) is 0 Å². The van der Waals surface area contributed by atoms with E-state index in [1.54, 1.807) is 24.3 Å². The molecule has 0 heterocycles. The third kappa shape index (κ3) is 2.91. The Morgan fingerprint density at radius 1 is 1.20 bits per heavy atom. The molecule has 1 rings (SSSR count). The van der Waals surface area contributed by atoms with Gasteiger partial charge in [-0.3, -0.25) is 0 Å². The van der Waals surface area contributed by atoms with Gasteiger partial charge in [0, 0.05) is 6.08 Å². The lowest BCUT2D eigenvalue weighted by molar-refractivity contribution is -0.151. The van der Waals surface area contributed by atoms with Gasteiger partial charge in [-0.15, -0.1) is 0 Å². The second-order valence-electron chi connectivity index (χ2n) is 2.76. The van der Waals surface area contributed by atoms with Crippen LogP contribution in [0.25, 0.3) is 5.57 Å². The molecule has 0 N–H and O–H groups in total. The van der Waals surface area contributed by atoms with Gasteiger partial charge in [0.1, 0.15) is 0 Å². The topological polar surface area (TPSA) is 43.4 Å². The Labute approximate surface area is 87.7 Å². The zero-order chi connectivity index (χ0) is 11.3. The normalized spacial score (nSPS) is 9.07. The molecule has 15 heavy (non-hydrogen) atoms. The van der Waals surface area contributed by atoms with E-state index < -0.39 is 11.9 Å². The number of ether oxygens (including phenoxy) is 1. The summed E-state index contributed by atoms with van der Waals surface area (Å²) in [5, 5.41) is 0. The molecule has 3 heteroatoms. The van der Waals surface area contributed by atoms with Crippen molar-refractivity contribution in [2.24, 2.45) is 0 Å². The van der Waals surface area contributed by atoms with Gasteiger partial charge in [-0.05, 0) is 5.56 Å². The van der Waals surface area contributed by atoms with Crippen LogP contribution in [0.3, 0.4) is 0 Å². The standard InChI is InChI=1S/C12H10O3/c1-3-11(13)15-12(14)9(2)10-7-5-4-6-8-10/h3-8H,1-2H2. The van der Waals surface area contributed by atoms with E-state index in [0.717, 1.165) is 6.08 Å². The molecule has 0 amide bonds. The summed E-state index contributed by atoms with van der Waals surface area (Å²) in [6, 6.07) is 8.77. The SMILES string of the molecule is C=CC(=O)OC(=O)C(=C)c1ccccc1. The maximum absolute atomic E-state index is 11.3. The first-order chi connectivity index (χ1) is 7.15. The molecule has 0 saturated carbocycles. The molecule has 1 aromatic carbocycles. The molecule has 0 spiro atoms. The molecule has 0 radical (unpaired) electrons. The number of carbonyl (C=O) groups is 2. The Morgan fingerprint density at radius 3 is 2.33 bits per heavy atom. The summed E-state index contributed by atoms with van der Waals surface area (Å²) < 4.78 is 4.42. The van der Waals surface area contributed by atoms with Crippen molar-refractivity contribution in [1.82, 2.24) is 0 Å². The van der Waals surface area contributed by atoms with E-state index in [0.29, 0.717) is 5.56 Å². The third-order valence-corrected chi connectivity index (χ3v) is 1.73. The fraction of sp³-hybridized carbons (Fsp3) is 0. The van der Waals surface area contributed by atoms with Crippen LogP contribution < -0.4 is 0 Å². The van der Waals surface area contributed by atoms with Crippen molar-refractivity contribution in [1.29, 1.82) is 0 Å². The first kappa shape index (κ1) is 10.9. The van der Waals surface area contributed by atoms with Crippen LogP contribution in [0.5, 0.6) is 0 Å². The highest BCUT2D eigenvalue weighted by Crippen LogP contribution is 2.13. The molecule has 0 aromatic heterocycles. The summed E-state index contributed by atoms with van der Waals surface area (Å²) >= 11 is 0. The van der Waals surface area contributed by atoms with Gasteiger partial charge < -0.3 is 4.74 Å². The molecule has 76 valence electrons. The zero-order valence-electron chi connectivity index (χ0n) is 8.10. The van der Waals surface area contributed by atoms with E-state index in [2.05, 4.69) is 17.9 Å². The molecule has 0 unspecified atom stereocenters. The molecule has 0 aliphatic heterocycles. The summed E-state index contributed by atoms with van der Waals surface area (Å²) in [5.41, 5.74) is 0.769. The van der Waals surface area contributed by atoms with Crippen LogP contribution >= 0.6 is 0 Å². The smallest absolute Gasteiger partial charge is 0.346 e. The number of esters is 2. The molecular weight excluding hydrogens is 192 g/mol. The molecule has 0 fully saturated rings. The lowest BCUT2D eigenvalue weighted by Crippen LogP contribution is -2.10. The average molecular weight is 202 g/mol. The maximum Gasteiger partial charge on any atom is 0.346 e. The van der Waals surface area contributed by atoms with Crippen molar-refractivity contribution in [3.63, 3.8) is 0 Å². The zero-order valence-corrected chi connectivity index (χ0v) is 8.10. The summed E-state index contributed by atoms with van der Waals surface area (Å²) in [7, 11) is 0. The average Bonchev–Trinajstić information content (AvgIpc) is 2.29. The van der Waals surface area contributed by atoms with Crippen LogP contribution in [0.15, 0.2) is 49.6 Å².